The van der Waals surface area contributed by atoms with Gasteiger partial charge in [-0.05, 0) is 41.3 Å². The minimum absolute atomic E-state index is 0.0828. The van der Waals surface area contributed by atoms with Crippen molar-refractivity contribution < 1.29 is 14.6 Å². The Kier molecular flexibility index (Phi) is 4.60. The van der Waals surface area contributed by atoms with Gasteiger partial charge in [-0.2, -0.15) is 0 Å². The zero-order valence-electron chi connectivity index (χ0n) is 12.2. The van der Waals surface area contributed by atoms with Gasteiger partial charge in [0.15, 0.2) is 0 Å². The number of ether oxygens (including phenoxy) is 1. The largest absolute Gasteiger partial charge is 0.496 e. The normalized spacial score (nSPS) is 12.0. The molecule has 0 spiro atoms. The molecule has 0 amide bonds. The molecule has 0 aromatic heterocycles. The Labute approximate surface area is 124 Å². The van der Waals surface area contributed by atoms with Crippen molar-refractivity contribution in [3.63, 3.8) is 0 Å². The number of nitrogens with two attached hydrogens (primary N) is 1. The van der Waals surface area contributed by atoms with Gasteiger partial charge in [-0.1, -0.05) is 30.3 Å². The molecule has 0 saturated carbocycles. The van der Waals surface area contributed by atoms with E-state index in [4.69, 9.17) is 15.6 Å². The lowest BCUT2D eigenvalue weighted by atomic mass is 9.95. The molecular formula is C17H19NO3. The first kappa shape index (κ1) is 15.1. The zero-order valence-corrected chi connectivity index (χ0v) is 12.2. The smallest absolute Gasteiger partial charge is 0.305 e. The van der Waals surface area contributed by atoms with Gasteiger partial charge < -0.3 is 15.6 Å². The number of carbonyl (C=O) groups is 1. The Morgan fingerprint density at radius 1 is 1.29 bits per heavy atom. The van der Waals surface area contributed by atoms with Crippen molar-refractivity contribution >= 4 is 5.97 Å². The SMILES string of the molecule is COc1cccc(-c2cccc([C@@H](N)CC(=O)O)c2)c1C. The number of carboxylic acids is 1. The minimum Gasteiger partial charge on any atom is -0.496 e. The van der Waals surface area contributed by atoms with Gasteiger partial charge in [0, 0.05) is 6.04 Å². The van der Waals surface area contributed by atoms with Crippen molar-refractivity contribution in [2.24, 2.45) is 5.73 Å². The Balaban J connectivity index is 2.40. The van der Waals surface area contributed by atoms with Gasteiger partial charge in [0.25, 0.3) is 0 Å². The quantitative estimate of drug-likeness (QED) is 0.885. The van der Waals surface area contributed by atoms with Gasteiger partial charge >= 0.3 is 5.97 Å². The fourth-order valence-electron chi connectivity index (χ4n) is 2.39. The van der Waals surface area contributed by atoms with E-state index in [0.29, 0.717) is 0 Å². The van der Waals surface area contributed by atoms with Crippen LogP contribution in [-0.4, -0.2) is 18.2 Å². The second-order valence-corrected chi connectivity index (χ2v) is 4.96. The van der Waals surface area contributed by atoms with Crippen LogP contribution in [0.4, 0.5) is 0 Å². The van der Waals surface area contributed by atoms with E-state index in [1.165, 1.54) is 0 Å². The maximum atomic E-state index is 10.8. The molecule has 0 aliphatic rings. The lowest BCUT2D eigenvalue weighted by Gasteiger charge is -2.14. The van der Waals surface area contributed by atoms with Crippen LogP contribution in [0.15, 0.2) is 42.5 Å². The summed E-state index contributed by atoms with van der Waals surface area (Å²) in [5, 5.41) is 8.85. The summed E-state index contributed by atoms with van der Waals surface area (Å²) in [6.07, 6.45) is -0.0828. The molecule has 0 unspecified atom stereocenters. The Hall–Kier alpha value is -2.33. The molecule has 2 aromatic carbocycles. The molecule has 0 saturated heterocycles. The van der Waals surface area contributed by atoms with E-state index in [-0.39, 0.29) is 6.42 Å². The summed E-state index contributed by atoms with van der Waals surface area (Å²) < 4.78 is 5.34. The average Bonchev–Trinajstić information content (AvgIpc) is 2.47. The fourth-order valence-corrected chi connectivity index (χ4v) is 2.39. The first-order valence-corrected chi connectivity index (χ1v) is 6.74. The van der Waals surface area contributed by atoms with Gasteiger partial charge in [0.2, 0.25) is 0 Å². The molecule has 0 heterocycles. The van der Waals surface area contributed by atoms with Crippen LogP contribution in [0.3, 0.4) is 0 Å². The summed E-state index contributed by atoms with van der Waals surface area (Å²) in [5.41, 5.74) is 9.85. The first-order valence-electron chi connectivity index (χ1n) is 6.74. The highest BCUT2D eigenvalue weighted by Crippen LogP contribution is 2.31. The molecule has 21 heavy (non-hydrogen) atoms. The topological polar surface area (TPSA) is 72.5 Å². The standard InChI is InChI=1S/C17H19NO3/c1-11-14(7-4-8-16(11)21-2)12-5-3-6-13(9-12)15(18)10-17(19)20/h3-9,15H,10,18H2,1-2H3,(H,19,20)/t15-/m0/s1. The van der Waals surface area contributed by atoms with Crippen molar-refractivity contribution in [1.29, 1.82) is 0 Å². The van der Waals surface area contributed by atoms with E-state index < -0.39 is 12.0 Å². The van der Waals surface area contributed by atoms with Crippen molar-refractivity contribution in [1.82, 2.24) is 0 Å². The van der Waals surface area contributed by atoms with Gasteiger partial charge in [-0.3, -0.25) is 4.79 Å². The monoisotopic (exact) mass is 285 g/mol. The van der Waals surface area contributed by atoms with Crippen LogP contribution in [-0.2, 0) is 4.79 Å². The van der Waals surface area contributed by atoms with Crippen LogP contribution < -0.4 is 10.5 Å². The molecule has 0 aliphatic carbocycles. The molecule has 4 nitrogen and oxygen atoms in total. The Morgan fingerprint density at radius 3 is 2.67 bits per heavy atom. The molecule has 4 heteroatoms. The van der Waals surface area contributed by atoms with E-state index in [1.54, 1.807) is 7.11 Å². The van der Waals surface area contributed by atoms with E-state index in [0.717, 1.165) is 28.0 Å². The van der Waals surface area contributed by atoms with Crippen molar-refractivity contribution in [2.75, 3.05) is 7.11 Å². The molecule has 110 valence electrons. The zero-order chi connectivity index (χ0) is 15.4. The van der Waals surface area contributed by atoms with Crippen molar-refractivity contribution in [3.8, 4) is 16.9 Å². The van der Waals surface area contributed by atoms with Gasteiger partial charge in [0.1, 0.15) is 5.75 Å². The average molecular weight is 285 g/mol. The second kappa shape index (κ2) is 6.41. The van der Waals surface area contributed by atoms with Crippen LogP contribution in [0, 0.1) is 6.92 Å². The van der Waals surface area contributed by atoms with Crippen LogP contribution in [0.1, 0.15) is 23.6 Å². The van der Waals surface area contributed by atoms with E-state index in [9.17, 15) is 4.79 Å². The highest BCUT2D eigenvalue weighted by Gasteiger charge is 2.12. The first-order chi connectivity index (χ1) is 10.0. The maximum Gasteiger partial charge on any atom is 0.305 e. The molecule has 0 bridgehead atoms. The fraction of sp³-hybridized carbons (Fsp3) is 0.235. The molecule has 0 aliphatic heterocycles. The Bertz CT molecular complexity index is 652. The highest BCUT2D eigenvalue weighted by atomic mass is 16.5. The summed E-state index contributed by atoms with van der Waals surface area (Å²) in [5.74, 6) is -0.0711. The van der Waals surface area contributed by atoms with E-state index >= 15 is 0 Å². The number of benzene rings is 2. The minimum atomic E-state index is -0.898. The third-order valence-corrected chi connectivity index (χ3v) is 3.52. The predicted molar refractivity (Wildman–Crippen MR) is 82.3 cm³/mol. The van der Waals surface area contributed by atoms with Gasteiger partial charge in [0.05, 0.1) is 13.5 Å². The predicted octanol–water partition coefficient (Wildman–Crippen LogP) is 3.15. The van der Waals surface area contributed by atoms with Gasteiger partial charge in [-0.25, -0.2) is 0 Å². The third kappa shape index (κ3) is 3.41. The van der Waals surface area contributed by atoms with Crippen molar-refractivity contribution in [3.05, 3.63) is 53.6 Å². The third-order valence-electron chi connectivity index (χ3n) is 3.52. The number of rotatable bonds is 5. The summed E-state index contributed by atoms with van der Waals surface area (Å²) in [7, 11) is 1.64. The van der Waals surface area contributed by atoms with Crippen LogP contribution >= 0.6 is 0 Å². The lowest BCUT2D eigenvalue weighted by Crippen LogP contribution is -2.14. The summed E-state index contributed by atoms with van der Waals surface area (Å²) in [4.78, 5) is 10.8. The molecule has 2 aromatic rings. The highest BCUT2D eigenvalue weighted by molar-refractivity contribution is 5.71. The Morgan fingerprint density at radius 2 is 2.00 bits per heavy atom. The number of hydrogen-bond donors (Lipinski definition) is 2. The van der Waals surface area contributed by atoms with Crippen LogP contribution in [0.2, 0.25) is 0 Å². The number of hydrogen-bond acceptors (Lipinski definition) is 3. The molecule has 1 atom stereocenters. The summed E-state index contributed by atoms with van der Waals surface area (Å²) >= 11 is 0. The molecular weight excluding hydrogens is 266 g/mol. The van der Waals surface area contributed by atoms with Crippen LogP contribution in [0.5, 0.6) is 5.75 Å². The van der Waals surface area contributed by atoms with E-state index in [2.05, 4.69) is 0 Å². The number of carboxylic acid groups (broad SMARTS) is 1. The van der Waals surface area contributed by atoms with Gasteiger partial charge in [-0.15, -0.1) is 0 Å². The molecule has 3 N–H and O–H groups in total. The van der Waals surface area contributed by atoms with E-state index in [1.807, 2.05) is 49.4 Å². The molecule has 0 fully saturated rings. The summed E-state index contributed by atoms with van der Waals surface area (Å²) in [6.45, 7) is 2.00. The second-order valence-electron chi connectivity index (χ2n) is 4.96. The molecule has 2 rings (SSSR count). The summed E-state index contributed by atoms with van der Waals surface area (Å²) in [6, 6.07) is 13.0. The number of methoxy groups -OCH3 is 1. The lowest BCUT2D eigenvalue weighted by molar-refractivity contribution is -0.137. The van der Waals surface area contributed by atoms with Crippen LogP contribution in [0.25, 0.3) is 11.1 Å². The molecule has 0 radical (unpaired) electrons. The van der Waals surface area contributed by atoms with Crippen molar-refractivity contribution in [2.45, 2.75) is 19.4 Å². The number of aliphatic carboxylic acids is 1. The maximum absolute atomic E-state index is 10.8.